The molecule has 0 aliphatic carbocycles. The van der Waals surface area contributed by atoms with Crippen LogP contribution in [0.1, 0.15) is 17.3 Å². The first-order valence-corrected chi connectivity index (χ1v) is 9.18. The molecule has 8 heteroatoms. The molecule has 4 N–H and O–H groups in total. The van der Waals surface area contributed by atoms with Gasteiger partial charge in [0.05, 0.1) is 10.0 Å². The lowest BCUT2D eigenvalue weighted by Crippen LogP contribution is -2.10. The molecule has 0 aliphatic rings. The van der Waals surface area contributed by atoms with E-state index in [1.165, 1.54) is 25.1 Å². The third-order valence-electron chi connectivity index (χ3n) is 3.96. The molecule has 0 atom stereocenters. The molecule has 3 rings (SSSR count). The number of halogens is 2. The van der Waals surface area contributed by atoms with Gasteiger partial charge in [0.25, 0.3) is 0 Å². The summed E-state index contributed by atoms with van der Waals surface area (Å²) in [5.41, 5.74) is 7.10. The highest BCUT2D eigenvalue weighted by Gasteiger charge is 2.14. The standard InChI is InChI=1S/C21H16Cl2N2O4/c1-11(26)25-14-8-17(22)20(18(23)9-14)29-15-5-6-19(27)16(10-15)12-3-2-4-13(7-12)21(24)28/h2-10,27H,1H3,(H2,24,28)(H,25,26). The number of aromatic hydroxyl groups is 1. The predicted molar refractivity (Wildman–Crippen MR) is 113 cm³/mol. The quantitative estimate of drug-likeness (QED) is 0.516. The minimum absolute atomic E-state index is 0.00262. The number of carbonyl (C=O) groups excluding carboxylic acids is 2. The van der Waals surface area contributed by atoms with Gasteiger partial charge in [-0.1, -0.05) is 35.3 Å². The van der Waals surface area contributed by atoms with E-state index in [4.69, 9.17) is 33.7 Å². The molecular weight excluding hydrogens is 415 g/mol. The molecule has 0 heterocycles. The third-order valence-corrected chi connectivity index (χ3v) is 4.53. The number of phenols is 1. The number of amides is 2. The predicted octanol–water partition coefficient (Wildman–Crippen LogP) is 5.22. The Balaban J connectivity index is 1.96. The van der Waals surface area contributed by atoms with Gasteiger partial charge in [-0.05, 0) is 48.0 Å². The van der Waals surface area contributed by atoms with Gasteiger partial charge in [0.1, 0.15) is 11.5 Å². The van der Waals surface area contributed by atoms with Crippen LogP contribution in [0, 0.1) is 0 Å². The number of nitrogens with two attached hydrogens (primary N) is 1. The summed E-state index contributed by atoms with van der Waals surface area (Å²) in [6.07, 6.45) is 0. The summed E-state index contributed by atoms with van der Waals surface area (Å²) in [5.74, 6) is -0.274. The number of hydrogen-bond acceptors (Lipinski definition) is 4. The zero-order chi connectivity index (χ0) is 21.1. The average Bonchev–Trinajstić information content (AvgIpc) is 2.65. The minimum Gasteiger partial charge on any atom is -0.507 e. The molecule has 0 aliphatic heterocycles. The van der Waals surface area contributed by atoms with Crippen LogP contribution in [0.2, 0.25) is 10.0 Å². The van der Waals surface area contributed by atoms with Crippen molar-refractivity contribution in [1.82, 2.24) is 0 Å². The summed E-state index contributed by atoms with van der Waals surface area (Å²) >= 11 is 12.5. The lowest BCUT2D eigenvalue weighted by atomic mass is 10.0. The van der Waals surface area contributed by atoms with Crippen LogP contribution in [0.25, 0.3) is 11.1 Å². The van der Waals surface area contributed by atoms with E-state index in [1.807, 2.05) is 0 Å². The van der Waals surface area contributed by atoms with Gasteiger partial charge < -0.3 is 20.9 Å². The van der Waals surface area contributed by atoms with Gasteiger partial charge in [-0.25, -0.2) is 0 Å². The number of anilines is 1. The van der Waals surface area contributed by atoms with Crippen molar-refractivity contribution in [3.05, 3.63) is 70.2 Å². The Labute approximate surface area is 176 Å². The summed E-state index contributed by atoms with van der Waals surface area (Å²) in [6, 6.07) is 14.2. The lowest BCUT2D eigenvalue weighted by Gasteiger charge is -2.13. The molecule has 0 aromatic heterocycles. The van der Waals surface area contributed by atoms with Crippen molar-refractivity contribution in [3.8, 4) is 28.4 Å². The fourth-order valence-electron chi connectivity index (χ4n) is 2.70. The van der Waals surface area contributed by atoms with Crippen molar-refractivity contribution in [2.24, 2.45) is 5.73 Å². The van der Waals surface area contributed by atoms with Gasteiger partial charge in [0.15, 0.2) is 5.75 Å². The second-order valence-electron chi connectivity index (χ2n) is 6.18. The molecule has 0 radical (unpaired) electrons. The highest BCUT2D eigenvalue weighted by molar-refractivity contribution is 6.37. The van der Waals surface area contributed by atoms with Gasteiger partial charge in [-0.2, -0.15) is 0 Å². The lowest BCUT2D eigenvalue weighted by molar-refractivity contribution is -0.114. The van der Waals surface area contributed by atoms with Gasteiger partial charge in [-0.15, -0.1) is 0 Å². The maximum atomic E-state index is 11.4. The Hall–Kier alpha value is -3.22. The molecule has 6 nitrogen and oxygen atoms in total. The fourth-order valence-corrected chi connectivity index (χ4v) is 3.26. The van der Waals surface area contributed by atoms with Gasteiger partial charge in [-0.3, -0.25) is 9.59 Å². The number of primary amides is 1. The number of carbonyl (C=O) groups is 2. The number of rotatable bonds is 5. The molecule has 2 amide bonds. The highest BCUT2D eigenvalue weighted by Crippen LogP contribution is 2.41. The normalized spacial score (nSPS) is 10.4. The summed E-state index contributed by atoms with van der Waals surface area (Å²) in [7, 11) is 0. The summed E-state index contributed by atoms with van der Waals surface area (Å²) in [6.45, 7) is 1.37. The van der Waals surface area contributed by atoms with E-state index < -0.39 is 5.91 Å². The van der Waals surface area contributed by atoms with Crippen molar-refractivity contribution in [2.45, 2.75) is 6.92 Å². The zero-order valence-corrected chi connectivity index (χ0v) is 16.7. The maximum absolute atomic E-state index is 11.4. The number of benzene rings is 3. The summed E-state index contributed by atoms with van der Waals surface area (Å²) in [4.78, 5) is 22.6. The first-order valence-electron chi connectivity index (χ1n) is 8.42. The molecule has 0 saturated heterocycles. The van der Waals surface area contributed by atoms with Gasteiger partial charge >= 0.3 is 0 Å². The Morgan fingerprint density at radius 1 is 1.03 bits per heavy atom. The van der Waals surface area contributed by atoms with E-state index in [1.54, 1.807) is 36.4 Å². The molecule has 29 heavy (non-hydrogen) atoms. The fraction of sp³-hybridized carbons (Fsp3) is 0.0476. The minimum atomic E-state index is -0.573. The van der Waals surface area contributed by atoms with Crippen LogP contribution in [0.3, 0.4) is 0 Å². The van der Waals surface area contributed by atoms with E-state index in [2.05, 4.69) is 5.32 Å². The summed E-state index contributed by atoms with van der Waals surface area (Å²) in [5, 5.41) is 13.2. The van der Waals surface area contributed by atoms with E-state index in [-0.39, 0.29) is 27.5 Å². The van der Waals surface area contributed by atoms with Crippen LogP contribution < -0.4 is 15.8 Å². The third kappa shape index (κ3) is 4.80. The maximum Gasteiger partial charge on any atom is 0.248 e. The van der Waals surface area contributed by atoms with Crippen LogP contribution in [-0.4, -0.2) is 16.9 Å². The second-order valence-corrected chi connectivity index (χ2v) is 6.99. The Morgan fingerprint density at radius 3 is 2.34 bits per heavy atom. The molecule has 3 aromatic rings. The largest absolute Gasteiger partial charge is 0.507 e. The van der Waals surface area contributed by atoms with E-state index in [9.17, 15) is 14.7 Å². The first kappa shape index (κ1) is 20.5. The Kier molecular flexibility index (Phi) is 5.96. The van der Waals surface area contributed by atoms with Crippen LogP contribution in [-0.2, 0) is 4.79 Å². The van der Waals surface area contributed by atoms with Crippen LogP contribution >= 0.6 is 23.2 Å². The Bertz CT molecular complexity index is 1090. The van der Waals surface area contributed by atoms with E-state index >= 15 is 0 Å². The van der Waals surface area contributed by atoms with E-state index in [0.29, 0.717) is 28.1 Å². The molecule has 0 unspecified atom stereocenters. The van der Waals surface area contributed by atoms with Crippen LogP contribution in [0.4, 0.5) is 5.69 Å². The number of hydrogen-bond donors (Lipinski definition) is 3. The molecule has 0 spiro atoms. The molecule has 0 fully saturated rings. The molecule has 148 valence electrons. The second kappa shape index (κ2) is 8.43. The highest BCUT2D eigenvalue weighted by atomic mass is 35.5. The van der Waals surface area contributed by atoms with Crippen LogP contribution in [0.5, 0.6) is 17.2 Å². The monoisotopic (exact) mass is 430 g/mol. The van der Waals surface area contributed by atoms with Crippen molar-refractivity contribution in [1.29, 1.82) is 0 Å². The smallest absolute Gasteiger partial charge is 0.248 e. The van der Waals surface area contributed by atoms with Crippen LogP contribution in [0.15, 0.2) is 54.6 Å². The first-order chi connectivity index (χ1) is 13.7. The average molecular weight is 431 g/mol. The van der Waals surface area contributed by atoms with Crippen molar-refractivity contribution >= 4 is 40.7 Å². The van der Waals surface area contributed by atoms with Gasteiger partial charge in [0.2, 0.25) is 11.8 Å². The number of ether oxygens (including phenoxy) is 1. The molecule has 3 aromatic carbocycles. The summed E-state index contributed by atoms with van der Waals surface area (Å²) < 4.78 is 5.82. The molecule has 0 bridgehead atoms. The Morgan fingerprint density at radius 2 is 1.72 bits per heavy atom. The molecular formula is C21H16Cl2N2O4. The van der Waals surface area contributed by atoms with Crippen molar-refractivity contribution in [3.63, 3.8) is 0 Å². The number of phenolic OH excluding ortho intramolecular Hbond substituents is 1. The van der Waals surface area contributed by atoms with Crippen molar-refractivity contribution in [2.75, 3.05) is 5.32 Å². The number of nitrogens with one attached hydrogen (secondary N) is 1. The topological polar surface area (TPSA) is 102 Å². The van der Waals surface area contributed by atoms with Gasteiger partial charge in [0, 0.05) is 23.7 Å². The zero-order valence-electron chi connectivity index (χ0n) is 15.2. The molecule has 0 saturated carbocycles. The SMILES string of the molecule is CC(=O)Nc1cc(Cl)c(Oc2ccc(O)c(-c3cccc(C(N)=O)c3)c2)c(Cl)c1. The van der Waals surface area contributed by atoms with Crippen molar-refractivity contribution < 1.29 is 19.4 Å². The van der Waals surface area contributed by atoms with E-state index in [0.717, 1.165) is 0 Å².